The Labute approximate surface area is 113 Å². The first-order valence-corrected chi connectivity index (χ1v) is 6.10. The Morgan fingerprint density at radius 3 is 3.00 bits per heavy atom. The molecule has 19 heavy (non-hydrogen) atoms. The van der Waals surface area contributed by atoms with Gasteiger partial charge in [0, 0.05) is 13.6 Å². The van der Waals surface area contributed by atoms with E-state index in [1.54, 1.807) is 7.05 Å². The first kappa shape index (κ1) is 13.1. The average molecular weight is 259 g/mol. The zero-order valence-corrected chi connectivity index (χ0v) is 10.9. The monoisotopic (exact) mass is 259 g/mol. The number of hydrogen-bond acceptors (Lipinski definition) is 3. The van der Waals surface area contributed by atoms with Crippen LogP contribution in [0, 0.1) is 12.3 Å². The van der Waals surface area contributed by atoms with Crippen molar-refractivity contribution in [2.45, 2.75) is 6.42 Å². The largest absolute Gasteiger partial charge is 0.454 e. The highest BCUT2D eigenvalue weighted by atomic mass is 16.7. The number of benzene rings is 1. The second-order valence-corrected chi connectivity index (χ2v) is 3.99. The van der Waals surface area contributed by atoms with Crippen LogP contribution in [-0.2, 0) is 6.42 Å². The number of guanidine groups is 1. The van der Waals surface area contributed by atoms with Gasteiger partial charge < -0.3 is 20.1 Å². The number of terminal acetylenes is 1. The number of nitrogens with one attached hydrogen (secondary N) is 2. The summed E-state index contributed by atoms with van der Waals surface area (Å²) in [4.78, 5) is 4.07. The Balaban J connectivity index is 1.81. The van der Waals surface area contributed by atoms with Crippen LogP contribution < -0.4 is 20.1 Å². The predicted molar refractivity (Wildman–Crippen MR) is 74.5 cm³/mol. The molecule has 0 bridgehead atoms. The molecule has 0 atom stereocenters. The van der Waals surface area contributed by atoms with E-state index in [1.165, 1.54) is 5.56 Å². The summed E-state index contributed by atoms with van der Waals surface area (Å²) < 4.78 is 10.6. The first-order chi connectivity index (χ1) is 9.33. The van der Waals surface area contributed by atoms with Crippen LogP contribution in [0.2, 0.25) is 0 Å². The first-order valence-electron chi connectivity index (χ1n) is 6.10. The maximum atomic E-state index is 5.34. The van der Waals surface area contributed by atoms with Crippen molar-refractivity contribution in [1.82, 2.24) is 10.6 Å². The third-order valence-corrected chi connectivity index (χ3v) is 2.72. The van der Waals surface area contributed by atoms with Crippen LogP contribution in [0.3, 0.4) is 0 Å². The van der Waals surface area contributed by atoms with Gasteiger partial charge in [0.15, 0.2) is 17.5 Å². The predicted octanol–water partition coefficient (Wildman–Crippen LogP) is 0.756. The second-order valence-electron chi connectivity index (χ2n) is 3.99. The number of rotatable bonds is 4. The molecule has 2 rings (SSSR count). The van der Waals surface area contributed by atoms with Gasteiger partial charge in [-0.1, -0.05) is 12.0 Å². The van der Waals surface area contributed by atoms with Crippen molar-refractivity contribution in [1.29, 1.82) is 0 Å². The van der Waals surface area contributed by atoms with Crippen LogP contribution >= 0.6 is 0 Å². The number of fused-ring (bicyclic) bond motifs is 1. The zero-order valence-electron chi connectivity index (χ0n) is 10.9. The van der Waals surface area contributed by atoms with Crippen LogP contribution in [0.5, 0.6) is 11.5 Å². The molecule has 1 aromatic rings. The molecule has 2 N–H and O–H groups in total. The van der Waals surface area contributed by atoms with Crippen LogP contribution in [0.4, 0.5) is 0 Å². The topological polar surface area (TPSA) is 54.9 Å². The molecule has 0 saturated heterocycles. The van der Waals surface area contributed by atoms with E-state index in [9.17, 15) is 0 Å². The van der Waals surface area contributed by atoms with Crippen molar-refractivity contribution >= 4 is 5.96 Å². The molecule has 1 heterocycles. The lowest BCUT2D eigenvalue weighted by molar-refractivity contribution is 0.174. The van der Waals surface area contributed by atoms with Gasteiger partial charge in [-0.05, 0) is 24.1 Å². The lowest BCUT2D eigenvalue weighted by Crippen LogP contribution is -2.38. The van der Waals surface area contributed by atoms with E-state index < -0.39 is 0 Å². The smallest absolute Gasteiger partial charge is 0.231 e. The van der Waals surface area contributed by atoms with Crippen molar-refractivity contribution < 1.29 is 9.47 Å². The molecule has 1 aliphatic rings. The highest BCUT2D eigenvalue weighted by molar-refractivity contribution is 5.79. The molecule has 0 aliphatic carbocycles. The fourth-order valence-electron chi connectivity index (χ4n) is 1.78. The van der Waals surface area contributed by atoms with Crippen molar-refractivity contribution in [2.24, 2.45) is 4.99 Å². The van der Waals surface area contributed by atoms with Gasteiger partial charge in [0.1, 0.15) is 0 Å². The molecule has 0 fully saturated rings. The van der Waals surface area contributed by atoms with E-state index in [0.29, 0.717) is 19.3 Å². The Kier molecular flexibility index (Phi) is 4.51. The zero-order chi connectivity index (χ0) is 13.5. The number of nitrogens with zero attached hydrogens (tertiary/aromatic N) is 1. The van der Waals surface area contributed by atoms with E-state index >= 15 is 0 Å². The Bertz CT molecular complexity index is 506. The van der Waals surface area contributed by atoms with Gasteiger partial charge >= 0.3 is 0 Å². The van der Waals surface area contributed by atoms with Gasteiger partial charge in [-0.25, -0.2) is 0 Å². The molecule has 1 aliphatic heterocycles. The quantitative estimate of drug-likeness (QED) is 0.476. The number of hydrogen-bond donors (Lipinski definition) is 2. The molecule has 1 aromatic carbocycles. The normalized spacial score (nSPS) is 12.9. The van der Waals surface area contributed by atoms with Crippen molar-refractivity contribution in [3.63, 3.8) is 0 Å². The molecule has 0 amide bonds. The highest BCUT2D eigenvalue weighted by Gasteiger charge is 2.12. The third kappa shape index (κ3) is 3.55. The summed E-state index contributed by atoms with van der Waals surface area (Å²) in [6, 6.07) is 5.97. The maximum absolute atomic E-state index is 5.34. The van der Waals surface area contributed by atoms with Gasteiger partial charge in [-0.15, -0.1) is 6.42 Å². The van der Waals surface area contributed by atoms with E-state index in [-0.39, 0.29) is 0 Å². The molecule has 0 unspecified atom stereocenters. The van der Waals surface area contributed by atoms with Gasteiger partial charge in [-0.2, -0.15) is 0 Å². The van der Waals surface area contributed by atoms with Crippen molar-refractivity contribution in [2.75, 3.05) is 26.9 Å². The minimum atomic E-state index is 0.305. The standard InChI is InChI=1S/C14H17N3O2/c1-3-7-16-14(15-2)17-8-6-11-4-5-12-13(9-11)19-10-18-12/h1,4-5,9H,6-8,10H2,2H3,(H2,15,16,17). The van der Waals surface area contributed by atoms with Gasteiger partial charge in [-0.3, -0.25) is 4.99 Å². The third-order valence-electron chi connectivity index (χ3n) is 2.72. The molecule has 0 aromatic heterocycles. The Morgan fingerprint density at radius 2 is 2.21 bits per heavy atom. The molecular formula is C14H17N3O2. The molecule has 0 radical (unpaired) electrons. The minimum absolute atomic E-state index is 0.305. The van der Waals surface area contributed by atoms with E-state index in [4.69, 9.17) is 15.9 Å². The molecule has 5 heteroatoms. The van der Waals surface area contributed by atoms with Gasteiger partial charge in [0.05, 0.1) is 6.54 Å². The van der Waals surface area contributed by atoms with Gasteiger partial charge in [0.2, 0.25) is 6.79 Å². The SMILES string of the molecule is C#CCNC(=NC)NCCc1ccc2c(c1)OCO2. The summed E-state index contributed by atoms with van der Waals surface area (Å²) >= 11 is 0. The molecule has 100 valence electrons. The van der Waals surface area contributed by atoms with Crippen LogP contribution in [-0.4, -0.2) is 32.9 Å². The molecule has 0 spiro atoms. The number of ether oxygens (including phenoxy) is 2. The van der Waals surface area contributed by atoms with E-state index in [2.05, 4.69) is 21.5 Å². The summed E-state index contributed by atoms with van der Waals surface area (Å²) in [6.07, 6.45) is 6.05. The molecular weight excluding hydrogens is 242 g/mol. The number of aliphatic imine (C=N–C) groups is 1. The summed E-state index contributed by atoms with van der Waals surface area (Å²) in [5.74, 6) is 4.83. The summed E-state index contributed by atoms with van der Waals surface area (Å²) in [7, 11) is 1.71. The molecule has 5 nitrogen and oxygen atoms in total. The van der Waals surface area contributed by atoms with Crippen LogP contribution in [0.15, 0.2) is 23.2 Å². The highest BCUT2D eigenvalue weighted by Crippen LogP contribution is 2.32. The van der Waals surface area contributed by atoms with Crippen molar-refractivity contribution in [3.8, 4) is 23.8 Å². The molecule has 0 saturated carbocycles. The lowest BCUT2D eigenvalue weighted by Gasteiger charge is -2.10. The Hall–Kier alpha value is -2.35. The van der Waals surface area contributed by atoms with Crippen LogP contribution in [0.1, 0.15) is 5.56 Å². The lowest BCUT2D eigenvalue weighted by atomic mass is 10.1. The van der Waals surface area contributed by atoms with E-state index in [1.807, 2.05) is 18.2 Å². The fraction of sp³-hybridized carbons (Fsp3) is 0.357. The van der Waals surface area contributed by atoms with Crippen molar-refractivity contribution in [3.05, 3.63) is 23.8 Å². The fourth-order valence-corrected chi connectivity index (χ4v) is 1.78. The summed E-state index contributed by atoms with van der Waals surface area (Å²) in [5, 5.41) is 6.20. The summed E-state index contributed by atoms with van der Waals surface area (Å²) in [6.45, 7) is 1.53. The van der Waals surface area contributed by atoms with E-state index in [0.717, 1.165) is 24.5 Å². The minimum Gasteiger partial charge on any atom is -0.454 e. The Morgan fingerprint density at radius 1 is 1.37 bits per heavy atom. The maximum Gasteiger partial charge on any atom is 0.231 e. The van der Waals surface area contributed by atoms with Crippen LogP contribution in [0.25, 0.3) is 0 Å². The second kappa shape index (κ2) is 6.55. The van der Waals surface area contributed by atoms with Gasteiger partial charge in [0.25, 0.3) is 0 Å². The average Bonchev–Trinajstić information content (AvgIpc) is 2.90. The summed E-state index contributed by atoms with van der Waals surface area (Å²) in [5.41, 5.74) is 1.18.